The van der Waals surface area contributed by atoms with Crippen molar-refractivity contribution in [2.45, 2.75) is 179 Å². The minimum atomic E-state index is 0.0145. The number of H-pyrrole nitrogens is 3. The predicted octanol–water partition coefficient (Wildman–Crippen LogP) is 13.5. The Morgan fingerprint density at radius 3 is 1.38 bits per heavy atom. The zero-order valence-corrected chi connectivity index (χ0v) is 55.9. The molecule has 0 amide bonds. The van der Waals surface area contributed by atoms with Crippen molar-refractivity contribution in [1.82, 2.24) is 86.9 Å². The first-order valence-electron chi connectivity index (χ1n) is 32.1. The van der Waals surface area contributed by atoms with Crippen LogP contribution in [-0.4, -0.2) is 132 Å². The molecule has 9 N–H and O–H groups in total. The molecule has 93 heavy (non-hydrogen) atoms. The van der Waals surface area contributed by atoms with E-state index in [1.165, 1.54) is 11.1 Å². The van der Waals surface area contributed by atoms with E-state index in [1.54, 1.807) is 60.5 Å². The molecule has 0 aliphatic carbocycles. The number of aromatic amines is 3. The van der Waals surface area contributed by atoms with Gasteiger partial charge in [-0.1, -0.05) is 18.2 Å². The fourth-order valence-electron chi connectivity index (χ4n) is 15.7. The highest BCUT2D eigenvalue weighted by Crippen LogP contribution is 2.45. The maximum absolute atomic E-state index is 10.6. The Hall–Kier alpha value is -8.96. The first-order chi connectivity index (χ1) is 44.1. The lowest BCUT2D eigenvalue weighted by atomic mass is 9.73. The van der Waals surface area contributed by atoms with Crippen molar-refractivity contribution in [1.29, 1.82) is 0 Å². The van der Waals surface area contributed by atoms with E-state index >= 15 is 0 Å². The Kier molecular flexibility index (Phi) is 16.1. The van der Waals surface area contributed by atoms with Crippen molar-refractivity contribution in [3.05, 3.63) is 133 Å². The molecule has 3 aromatic carbocycles. The molecule has 12 heterocycles. The maximum atomic E-state index is 10.6. The van der Waals surface area contributed by atoms with Gasteiger partial charge in [0.1, 0.15) is 22.8 Å². The molecule has 0 spiro atoms. The zero-order valence-electron chi connectivity index (χ0n) is 55.1. The van der Waals surface area contributed by atoms with Gasteiger partial charge in [0.15, 0.2) is 11.5 Å². The molecule has 8 aromatic heterocycles. The number of aromatic hydroxyl groups is 3. The normalized spacial score (nSPS) is 19.0. The smallest absolute Gasteiger partial charge is 0.180 e. The van der Waals surface area contributed by atoms with E-state index in [9.17, 15) is 15.3 Å². The van der Waals surface area contributed by atoms with Gasteiger partial charge in [0.2, 0.25) is 0 Å². The number of phenolic OH excluding ortho intramolecular Hbond substituents is 3. The molecule has 22 heteroatoms. The molecule has 482 valence electrons. The second-order valence-electron chi connectivity index (χ2n) is 29.8. The Labute approximate surface area is 545 Å². The Balaban J connectivity index is 0.000000127. The van der Waals surface area contributed by atoms with Crippen LogP contribution in [-0.2, 0) is 6.42 Å². The molecule has 0 bridgehead atoms. The van der Waals surface area contributed by atoms with Crippen LogP contribution in [0.15, 0.2) is 122 Å². The number of nitrogens with zero attached hydrogens (tertiary/aromatic N) is 12. The fourth-order valence-corrected chi connectivity index (χ4v) is 16.7. The molecular weight excluding hydrogens is 1180 g/mol. The average Bonchev–Trinajstić information content (AvgIpc) is 1.70. The third kappa shape index (κ3) is 13.5. The van der Waals surface area contributed by atoms with Crippen LogP contribution in [0.5, 0.6) is 17.2 Å². The maximum Gasteiger partial charge on any atom is 0.180 e. The van der Waals surface area contributed by atoms with Crippen LogP contribution < -0.4 is 20.9 Å². The Morgan fingerprint density at radius 1 is 0.462 bits per heavy atom. The van der Waals surface area contributed by atoms with Crippen molar-refractivity contribution in [3.8, 4) is 84.4 Å². The monoisotopic (exact) mass is 1270 g/mol. The van der Waals surface area contributed by atoms with Gasteiger partial charge in [0.25, 0.3) is 0 Å². The minimum absolute atomic E-state index is 0.0145. The molecule has 4 aliphatic heterocycles. The van der Waals surface area contributed by atoms with Crippen LogP contribution in [0.25, 0.3) is 88.4 Å². The van der Waals surface area contributed by atoms with Gasteiger partial charge in [-0.2, -0.15) is 20.4 Å². The van der Waals surface area contributed by atoms with Crippen molar-refractivity contribution in [3.63, 3.8) is 0 Å². The number of hydrogen-bond acceptors (Lipinski definition) is 18. The number of piperidine rings is 3. The largest absolute Gasteiger partial charge is 0.507 e. The van der Waals surface area contributed by atoms with E-state index in [0.717, 1.165) is 112 Å². The van der Waals surface area contributed by atoms with Crippen molar-refractivity contribution in [2.75, 3.05) is 11.4 Å². The van der Waals surface area contributed by atoms with Crippen LogP contribution in [0.2, 0.25) is 0 Å². The SMILES string of the molecule is CC1(C)CC(N2CCc3cc(-c4ccc(-c5cn[nH]c5)cc4O)nnc32)CC(C)(C)N1.CC1(C)CC(c2csc3cc(-c4ccc(-c5cn[nH]c5)cc4O)nnc23)CC(C)(C)N1.CC1(C)CC(n2ncc3cc(-c4ccc(-c5cn[nH]c5)cc4O)nnc32)CC(C)(C)N1. The summed E-state index contributed by atoms with van der Waals surface area (Å²) in [6.45, 7) is 28.1. The van der Waals surface area contributed by atoms with Gasteiger partial charge in [-0.25, -0.2) is 4.68 Å². The van der Waals surface area contributed by atoms with Crippen molar-refractivity contribution < 1.29 is 15.3 Å². The number of phenols is 3. The van der Waals surface area contributed by atoms with Gasteiger partial charge in [-0.05, 0) is 216 Å². The number of anilines is 1. The quantitative estimate of drug-likeness (QED) is 0.0649. The average molecular weight is 1270 g/mol. The summed E-state index contributed by atoms with van der Waals surface area (Å²) in [5, 5.41) is 98.4. The number of aromatic nitrogens is 14. The highest BCUT2D eigenvalue weighted by molar-refractivity contribution is 7.17. The third-order valence-electron chi connectivity index (χ3n) is 18.5. The first-order valence-corrected chi connectivity index (χ1v) is 33.0. The first kappa shape index (κ1) is 62.8. The van der Waals surface area contributed by atoms with Crippen molar-refractivity contribution in [2.24, 2.45) is 0 Å². The Bertz CT molecular complexity index is 4250. The van der Waals surface area contributed by atoms with Crippen LogP contribution in [0.4, 0.5) is 5.82 Å². The molecule has 0 atom stereocenters. The highest BCUT2D eigenvalue weighted by Gasteiger charge is 2.43. The Morgan fingerprint density at radius 2 is 0.903 bits per heavy atom. The fraction of sp³-hybridized carbons (Fsp3) is 0.408. The van der Waals surface area contributed by atoms with Crippen molar-refractivity contribution >= 4 is 38.4 Å². The summed E-state index contributed by atoms with van der Waals surface area (Å²) in [7, 11) is 0. The van der Waals surface area contributed by atoms with Gasteiger partial charge >= 0.3 is 0 Å². The summed E-state index contributed by atoms with van der Waals surface area (Å²) >= 11 is 1.71. The van der Waals surface area contributed by atoms with Crippen LogP contribution in [0.3, 0.4) is 0 Å². The zero-order chi connectivity index (χ0) is 65.4. The number of benzene rings is 3. The minimum Gasteiger partial charge on any atom is -0.507 e. The molecule has 11 aromatic rings. The highest BCUT2D eigenvalue weighted by atomic mass is 32.1. The van der Waals surface area contributed by atoms with E-state index in [1.807, 2.05) is 65.6 Å². The lowest BCUT2D eigenvalue weighted by Crippen LogP contribution is -2.62. The molecular formula is C71H84N18O3S. The second kappa shape index (κ2) is 23.9. The number of rotatable bonds is 9. The molecule has 3 fully saturated rings. The molecule has 3 saturated heterocycles. The van der Waals surface area contributed by atoms with E-state index in [4.69, 9.17) is 0 Å². The lowest BCUT2D eigenvalue weighted by molar-refractivity contribution is 0.128. The number of nitrogens with one attached hydrogen (secondary N) is 6. The molecule has 0 unspecified atom stereocenters. The van der Waals surface area contributed by atoms with E-state index < -0.39 is 0 Å². The second-order valence-corrected chi connectivity index (χ2v) is 30.7. The van der Waals surface area contributed by atoms with Gasteiger partial charge in [0, 0.05) is 109 Å². The molecule has 0 saturated carbocycles. The summed E-state index contributed by atoms with van der Waals surface area (Å²) in [5.41, 5.74) is 14.1. The summed E-state index contributed by atoms with van der Waals surface area (Å²) in [5.74, 6) is 1.98. The summed E-state index contributed by atoms with van der Waals surface area (Å²) in [6.07, 6.45) is 19.6. The standard InChI is InChI=1S/C24H30N6O.C24H27N5OS.C23H27N7O/c1-23(2)11-18(12-24(3,4)29-23)30-8-7-16-9-20(27-28-22(16)30)19-6-5-15(10-21(19)31)17-13-25-26-14-17;1-23(2)9-15(10-24(3,4)29-23)18-13-31-21-8-19(27-28-22(18)21)17-6-5-14(7-20(17)30)16-11-25-26-12-16;1-22(2)9-17(10-23(3,4)29-22)30-21-15(13-26-30)7-19(27-28-21)18-6-5-14(8-20(18)31)16-11-24-25-12-16/h5-6,9-10,13-14,18,29,31H,7-8,11-12H2,1-4H3,(H,25,26);5-8,11-13,15,29-30H,9-10H2,1-4H3,(H,25,26);5-8,11-13,17,29,31H,9-10H2,1-4H3,(H,24,25). The molecule has 0 radical (unpaired) electrons. The number of fused-ring (bicyclic) bond motifs is 3. The molecule has 15 rings (SSSR count). The topological polar surface area (TPSA) is 281 Å². The van der Waals surface area contributed by atoms with Gasteiger partial charge < -0.3 is 36.2 Å². The van der Waals surface area contributed by atoms with Gasteiger partial charge in [-0.3, -0.25) is 15.3 Å². The van der Waals surface area contributed by atoms with Crippen LogP contribution in [0, 0.1) is 0 Å². The summed E-state index contributed by atoms with van der Waals surface area (Å²) in [4.78, 5) is 2.44. The third-order valence-corrected chi connectivity index (χ3v) is 19.4. The van der Waals surface area contributed by atoms with E-state index in [0.29, 0.717) is 45.7 Å². The molecule has 4 aliphatic rings. The predicted molar refractivity (Wildman–Crippen MR) is 367 cm³/mol. The number of hydrogen-bond donors (Lipinski definition) is 9. The van der Waals surface area contributed by atoms with Crippen LogP contribution in [0.1, 0.15) is 145 Å². The summed E-state index contributed by atoms with van der Waals surface area (Å²) < 4.78 is 3.12. The lowest BCUT2D eigenvalue weighted by Gasteiger charge is -2.49. The van der Waals surface area contributed by atoms with Gasteiger partial charge in [0.05, 0.1) is 52.6 Å². The van der Waals surface area contributed by atoms with E-state index in [-0.39, 0.29) is 56.5 Å². The van der Waals surface area contributed by atoms with E-state index in [2.05, 4.69) is 182 Å². The van der Waals surface area contributed by atoms with Gasteiger partial charge in [-0.15, -0.1) is 41.9 Å². The number of thiophene rings is 1. The van der Waals surface area contributed by atoms with Crippen LogP contribution >= 0.6 is 11.3 Å². The molecule has 21 nitrogen and oxygen atoms in total. The summed E-state index contributed by atoms with van der Waals surface area (Å²) in [6, 6.07) is 23.5.